The van der Waals surface area contributed by atoms with Gasteiger partial charge < -0.3 is 14.6 Å². The summed E-state index contributed by atoms with van der Waals surface area (Å²) in [6.45, 7) is -0.163. The van der Waals surface area contributed by atoms with Gasteiger partial charge in [0.25, 0.3) is 5.91 Å². The number of halogens is 3. The highest BCUT2D eigenvalue weighted by Crippen LogP contribution is 2.31. The van der Waals surface area contributed by atoms with Crippen molar-refractivity contribution in [2.45, 2.75) is 19.3 Å². The van der Waals surface area contributed by atoms with Gasteiger partial charge in [0.1, 0.15) is 12.3 Å². The van der Waals surface area contributed by atoms with E-state index in [4.69, 9.17) is 4.42 Å². The highest BCUT2D eigenvalue weighted by atomic mass is 19.4. The minimum atomic E-state index is -4.51. The van der Waals surface area contributed by atoms with Crippen LogP contribution in [-0.2, 0) is 24.1 Å². The van der Waals surface area contributed by atoms with Gasteiger partial charge in [0.2, 0.25) is 11.7 Å². The first-order chi connectivity index (χ1) is 16.7. The number of nitrogens with zero attached hydrogens (tertiary/aromatic N) is 5. The molecule has 4 aromatic rings. The quantitative estimate of drug-likeness (QED) is 0.430. The Morgan fingerprint density at radius 3 is 2.63 bits per heavy atom. The molecule has 9 nitrogen and oxygen atoms in total. The molecule has 0 aliphatic carbocycles. The summed E-state index contributed by atoms with van der Waals surface area (Å²) in [4.78, 5) is 27.8. The summed E-state index contributed by atoms with van der Waals surface area (Å²) in [5.74, 6) is -0.343. The number of carbonyl (C=O) groups excluding carboxylic acids is 2. The van der Waals surface area contributed by atoms with Crippen LogP contribution in [0.4, 0.5) is 18.9 Å². The van der Waals surface area contributed by atoms with Gasteiger partial charge in [-0.05, 0) is 41.6 Å². The zero-order chi connectivity index (χ0) is 25.0. The molecule has 0 fully saturated rings. The summed E-state index contributed by atoms with van der Waals surface area (Å²) in [5.41, 5.74) is -0.103. The Labute approximate surface area is 197 Å². The third kappa shape index (κ3) is 5.54. The highest BCUT2D eigenvalue weighted by Gasteiger charge is 2.30. The Kier molecular flexibility index (Phi) is 6.62. The molecule has 0 unspecified atom stereocenters. The lowest BCUT2D eigenvalue weighted by atomic mass is 10.1. The van der Waals surface area contributed by atoms with Crippen molar-refractivity contribution in [3.63, 3.8) is 0 Å². The van der Waals surface area contributed by atoms with E-state index < -0.39 is 23.6 Å². The number of hydrogen-bond donors (Lipinski definition) is 1. The SMILES string of the molecule is CN(C(=O)Cn1nnc(-c2cccc(C(F)(F)F)c2)n1)c1ccccc1C(=O)NCc1ccco1. The van der Waals surface area contributed by atoms with Crippen molar-refractivity contribution in [1.29, 1.82) is 0 Å². The van der Waals surface area contributed by atoms with Crippen LogP contribution in [0.2, 0.25) is 0 Å². The number of anilines is 1. The van der Waals surface area contributed by atoms with Gasteiger partial charge in [-0.25, -0.2) is 0 Å². The minimum absolute atomic E-state index is 0.0516. The lowest BCUT2D eigenvalue weighted by Crippen LogP contribution is -2.33. The number of furan rings is 1. The second-order valence-corrected chi connectivity index (χ2v) is 7.45. The van der Waals surface area contributed by atoms with Crippen molar-refractivity contribution in [2.75, 3.05) is 11.9 Å². The van der Waals surface area contributed by atoms with E-state index in [1.54, 1.807) is 36.4 Å². The molecule has 1 N–H and O–H groups in total. The molecule has 0 atom stereocenters. The fourth-order valence-electron chi connectivity index (χ4n) is 3.26. The maximum absolute atomic E-state index is 13.0. The second kappa shape index (κ2) is 9.79. The summed E-state index contributed by atoms with van der Waals surface area (Å²) in [7, 11) is 1.49. The smallest absolute Gasteiger partial charge is 0.416 e. The maximum atomic E-state index is 13.0. The monoisotopic (exact) mass is 484 g/mol. The number of nitrogens with one attached hydrogen (secondary N) is 1. The summed E-state index contributed by atoms with van der Waals surface area (Å²) >= 11 is 0. The Balaban J connectivity index is 1.46. The predicted octanol–water partition coefficient (Wildman–Crippen LogP) is 3.54. The first-order valence-corrected chi connectivity index (χ1v) is 10.3. The van der Waals surface area contributed by atoms with E-state index in [-0.39, 0.29) is 30.0 Å². The summed E-state index contributed by atoms with van der Waals surface area (Å²) in [6, 6.07) is 14.5. The van der Waals surface area contributed by atoms with Crippen LogP contribution < -0.4 is 10.2 Å². The Bertz CT molecular complexity index is 1330. The van der Waals surface area contributed by atoms with Crippen molar-refractivity contribution in [3.8, 4) is 11.4 Å². The normalized spacial score (nSPS) is 11.3. The van der Waals surface area contributed by atoms with E-state index in [1.165, 1.54) is 30.3 Å². The van der Waals surface area contributed by atoms with E-state index >= 15 is 0 Å². The maximum Gasteiger partial charge on any atom is 0.416 e. The molecule has 2 aromatic heterocycles. The zero-order valence-electron chi connectivity index (χ0n) is 18.4. The molecule has 12 heteroatoms. The van der Waals surface area contributed by atoms with Gasteiger partial charge in [-0.1, -0.05) is 24.3 Å². The first kappa shape index (κ1) is 23.7. The van der Waals surface area contributed by atoms with Crippen molar-refractivity contribution < 1.29 is 27.2 Å². The number of amides is 2. The molecule has 0 spiro atoms. The molecule has 0 aliphatic rings. The Hall–Kier alpha value is -4.48. The van der Waals surface area contributed by atoms with E-state index in [2.05, 4.69) is 20.7 Å². The number of alkyl halides is 3. The van der Waals surface area contributed by atoms with Gasteiger partial charge in [-0.2, -0.15) is 18.0 Å². The van der Waals surface area contributed by atoms with Crippen LogP contribution in [-0.4, -0.2) is 39.1 Å². The molecule has 2 amide bonds. The number of para-hydroxylation sites is 1. The molecule has 2 heterocycles. The molecule has 0 bridgehead atoms. The standard InChI is InChI=1S/C23H19F3N6O3/c1-31(19-10-3-2-9-18(19)22(34)27-13-17-8-5-11-35-17)20(33)14-32-29-21(28-30-32)15-6-4-7-16(12-15)23(24,25)26/h2-12H,13-14H2,1H3,(H,27,34). The lowest BCUT2D eigenvalue weighted by Gasteiger charge is -2.20. The van der Waals surface area contributed by atoms with Crippen LogP contribution in [0.25, 0.3) is 11.4 Å². The van der Waals surface area contributed by atoms with Crippen LogP contribution in [0.3, 0.4) is 0 Å². The van der Waals surface area contributed by atoms with Crippen LogP contribution in [0.5, 0.6) is 0 Å². The van der Waals surface area contributed by atoms with Gasteiger partial charge in [0, 0.05) is 12.6 Å². The van der Waals surface area contributed by atoms with E-state index in [0.29, 0.717) is 11.4 Å². The van der Waals surface area contributed by atoms with E-state index in [1.807, 2.05) is 0 Å². The van der Waals surface area contributed by atoms with Gasteiger partial charge in [0.15, 0.2) is 0 Å². The average Bonchev–Trinajstić information content (AvgIpc) is 3.54. The van der Waals surface area contributed by atoms with Crippen LogP contribution in [0, 0.1) is 0 Å². The van der Waals surface area contributed by atoms with Crippen molar-refractivity contribution in [1.82, 2.24) is 25.5 Å². The molecule has 0 saturated heterocycles. The molecule has 0 radical (unpaired) electrons. The lowest BCUT2D eigenvalue weighted by molar-refractivity contribution is -0.137. The third-order valence-electron chi connectivity index (χ3n) is 5.07. The Morgan fingerprint density at radius 1 is 1.09 bits per heavy atom. The number of aromatic nitrogens is 4. The molecule has 2 aromatic carbocycles. The molecule has 0 saturated carbocycles. The number of rotatable bonds is 7. The molecule has 35 heavy (non-hydrogen) atoms. The molecule has 0 aliphatic heterocycles. The van der Waals surface area contributed by atoms with Crippen LogP contribution in [0.1, 0.15) is 21.7 Å². The molecule has 4 rings (SSSR count). The average molecular weight is 484 g/mol. The fraction of sp³-hybridized carbons (Fsp3) is 0.174. The first-order valence-electron chi connectivity index (χ1n) is 10.3. The largest absolute Gasteiger partial charge is 0.467 e. The summed E-state index contributed by atoms with van der Waals surface area (Å²) < 4.78 is 44.1. The van der Waals surface area contributed by atoms with Gasteiger partial charge in [0.05, 0.1) is 29.6 Å². The zero-order valence-corrected chi connectivity index (χ0v) is 18.4. The number of hydrogen-bond acceptors (Lipinski definition) is 6. The third-order valence-corrected chi connectivity index (χ3v) is 5.07. The van der Waals surface area contributed by atoms with Crippen molar-refractivity contribution >= 4 is 17.5 Å². The van der Waals surface area contributed by atoms with E-state index in [9.17, 15) is 22.8 Å². The predicted molar refractivity (Wildman–Crippen MR) is 118 cm³/mol. The summed E-state index contributed by atoms with van der Waals surface area (Å²) in [6.07, 6.45) is -3.01. The second-order valence-electron chi connectivity index (χ2n) is 7.45. The number of benzene rings is 2. The van der Waals surface area contributed by atoms with Crippen molar-refractivity contribution in [3.05, 3.63) is 83.8 Å². The Morgan fingerprint density at radius 2 is 1.89 bits per heavy atom. The van der Waals surface area contributed by atoms with E-state index in [0.717, 1.165) is 16.9 Å². The minimum Gasteiger partial charge on any atom is -0.467 e. The summed E-state index contributed by atoms with van der Waals surface area (Å²) in [5, 5.41) is 14.3. The molecule has 180 valence electrons. The van der Waals surface area contributed by atoms with Crippen LogP contribution >= 0.6 is 0 Å². The van der Waals surface area contributed by atoms with Crippen molar-refractivity contribution in [2.24, 2.45) is 0 Å². The number of carbonyl (C=O) groups is 2. The fourth-order valence-corrected chi connectivity index (χ4v) is 3.26. The molecular weight excluding hydrogens is 465 g/mol. The van der Waals surface area contributed by atoms with Crippen LogP contribution in [0.15, 0.2) is 71.3 Å². The number of tetrazole rings is 1. The van der Waals surface area contributed by atoms with Gasteiger partial charge >= 0.3 is 6.18 Å². The van der Waals surface area contributed by atoms with Gasteiger partial charge in [-0.15, -0.1) is 10.2 Å². The van der Waals surface area contributed by atoms with Gasteiger partial charge in [-0.3, -0.25) is 9.59 Å². The molecular formula is C23H19F3N6O3. The topological polar surface area (TPSA) is 106 Å². The highest BCUT2D eigenvalue weighted by molar-refractivity contribution is 6.04. The number of likely N-dealkylation sites (N-methyl/N-ethyl adjacent to an activating group) is 1.